The zero-order valence-corrected chi connectivity index (χ0v) is 15.0. The highest BCUT2D eigenvalue weighted by atomic mass is 32.1. The van der Waals surface area contributed by atoms with E-state index in [1.807, 2.05) is 29.8 Å². The molecule has 0 spiro atoms. The van der Waals surface area contributed by atoms with E-state index in [0.29, 0.717) is 6.54 Å². The molecule has 1 saturated carbocycles. The summed E-state index contributed by atoms with van der Waals surface area (Å²) in [5.74, 6) is -1.10. The predicted octanol–water partition coefficient (Wildman–Crippen LogP) is 2.49. The van der Waals surface area contributed by atoms with Gasteiger partial charge in [0.25, 0.3) is 0 Å². The van der Waals surface area contributed by atoms with Crippen molar-refractivity contribution in [3.63, 3.8) is 0 Å². The third-order valence-corrected chi connectivity index (χ3v) is 5.54. The number of aromatic nitrogens is 2. The van der Waals surface area contributed by atoms with Gasteiger partial charge < -0.3 is 10.6 Å². The Morgan fingerprint density at radius 2 is 2.00 bits per heavy atom. The minimum absolute atomic E-state index is 0.107. The van der Waals surface area contributed by atoms with Crippen LogP contribution in [0.2, 0.25) is 0 Å². The average Bonchev–Trinajstić information content (AvgIpc) is 3.27. The van der Waals surface area contributed by atoms with Crippen LogP contribution in [0.3, 0.4) is 0 Å². The lowest BCUT2D eigenvalue weighted by molar-refractivity contribution is -0.139. The number of hydrogen-bond donors (Lipinski definition) is 2. The van der Waals surface area contributed by atoms with Crippen molar-refractivity contribution < 1.29 is 9.59 Å². The standard InChI is InChI=1S/C18H24N4O2S/c23-17(18(24)21-14-7-3-1-2-4-8-14)19-13-15(16-9-5-12-25-16)22-11-6-10-20-22/h5-6,9-12,14-15H,1-4,7-8,13H2,(H,19,23)(H,21,24). The van der Waals surface area contributed by atoms with E-state index < -0.39 is 11.8 Å². The third-order valence-electron chi connectivity index (χ3n) is 4.57. The molecule has 2 aromatic heterocycles. The van der Waals surface area contributed by atoms with E-state index in [2.05, 4.69) is 15.7 Å². The number of carbonyl (C=O) groups excluding carboxylic acids is 2. The Kier molecular flexibility index (Phi) is 6.22. The number of amides is 2. The normalized spacial score (nSPS) is 16.8. The van der Waals surface area contributed by atoms with Crippen molar-refractivity contribution in [3.8, 4) is 0 Å². The molecule has 2 heterocycles. The maximum absolute atomic E-state index is 12.2. The molecule has 0 aromatic carbocycles. The van der Waals surface area contributed by atoms with Crippen LogP contribution in [0, 0.1) is 0 Å². The van der Waals surface area contributed by atoms with Gasteiger partial charge in [0.15, 0.2) is 0 Å². The monoisotopic (exact) mass is 360 g/mol. The molecule has 6 nitrogen and oxygen atoms in total. The second kappa shape index (κ2) is 8.80. The summed E-state index contributed by atoms with van der Waals surface area (Å²) in [6, 6.07) is 5.84. The van der Waals surface area contributed by atoms with Crippen molar-refractivity contribution in [1.29, 1.82) is 0 Å². The Balaban J connectivity index is 1.55. The fourth-order valence-electron chi connectivity index (χ4n) is 3.21. The van der Waals surface area contributed by atoms with Crippen LogP contribution in [-0.4, -0.2) is 34.2 Å². The molecule has 2 aromatic rings. The van der Waals surface area contributed by atoms with E-state index in [1.165, 1.54) is 12.8 Å². The first-order chi connectivity index (χ1) is 12.2. The minimum Gasteiger partial charge on any atom is -0.345 e. The molecule has 1 fully saturated rings. The lowest BCUT2D eigenvalue weighted by Gasteiger charge is -2.18. The van der Waals surface area contributed by atoms with Gasteiger partial charge in [-0.05, 0) is 30.4 Å². The lowest BCUT2D eigenvalue weighted by atomic mass is 10.1. The highest BCUT2D eigenvalue weighted by Crippen LogP contribution is 2.22. The van der Waals surface area contributed by atoms with Crippen molar-refractivity contribution in [3.05, 3.63) is 40.8 Å². The fraction of sp³-hybridized carbons (Fsp3) is 0.500. The summed E-state index contributed by atoms with van der Waals surface area (Å²) >= 11 is 1.61. The highest BCUT2D eigenvalue weighted by Gasteiger charge is 2.22. The predicted molar refractivity (Wildman–Crippen MR) is 97.3 cm³/mol. The molecule has 2 amide bonds. The van der Waals surface area contributed by atoms with Gasteiger partial charge in [-0.3, -0.25) is 14.3 Å². The summed E-state index contributed by atoms with van der Waals surface area (Å²) in [7, 11) is 0. The summed E-state index contributed by atoms with van der Waals surface area (Å²) in [4.78, 5) is 25.5. The van der Waals surface area contributed by atoms with Gasteiger partial charge in [0.2, 0.25) is 0 Å². The number of nitrogens with zero attached hydrogens (tertiary/aromatic N) is 2. The number of rotatable bonds is 5. The topological polar surface area (TPSA) is 76.0 Å². The van der Waals surface area contributed by atoms with Gasteiger partial charge in [0, 0.05) is 29.9 Å². The van der Waals surface area contributed by atoms with Gasteiger partial charge in [0.05, 0.1) is 0 Å². The molecular weight excluding hydrogens is 336 g/mol. The Labute approximate surface area is 151 Å². The van der Waals surface area contributed by atoms with Gasteiger partial charge in [0.1, 0.15) is 6.04 Å². The van der Waals surface area contributed by atoms with Crippen LogP contribution in [0.15, 0.2) is 36.0 Å². The number of nitrogens with one attached hydrogen (secondary N) is 2. The van der Waals surface area contributed by atoms with Gasteiger partial charge in [-0.25, -0.2) is 0 Å². The molecule has 2 N–H and O–H groups in total. The fourth-order valence-corrected chi connectivity index (χ4v) is 4.03. The van der Waals surface area contributed by atoms with Gasteiger partial charge >= 0.3 is 11.8 Å². The van der Waals surface area contributed by atoms with Gasteiger partial charge in [-0.1, -0.05) is 31.7 Å². The Bertz CT molecular complexity index is 627. The Morgan fingerprint density at radius 3 is 2.64 bits per heavy atom. The Hall–Kier alpha value is -2.15. The SMILES string of the molecule is O=C(NCC(c1cccs1)n1cccn1)C(=O)NC1CCCCCC1. The second-order valence-electron chi connectivity index (χ2n) is 6.39. The molecule has 1 unspecified atom stereocenters. The van der Waals surface area contributed by atoms with Gasteiger partial charge in [-0.2, -0.15) is 5.10 Å². The summed E-state index contributed by atoms with van der Waals surface area (Å²) in [5.41, 5.74) is 0. The van der Waals surface area contributed by atoms with Crippen LogP contribution in [0.1, 0.15) is 49.4 Å². The molecular formula is C18H24N4O2S. The van der Waals surface area contributed by atoms with Crippen LogP contribution in [-0.2, 0) is 9.59 Å². The summed E-state index contributed by atoms with van der Waals surface area (Å²) in [6.45, 7) is 0.332. The van der Waals surface area contributed by atoms with Crippen molar-refractivity contribution >= 4 is 23.2 Å². The Morgan fingerprint density at radius 1 is 1.20 bits per heavy atom. The first-order valence-electron chi connectivity index (χ1n) is 8.85. The molecule has 0 bridgehead atoms. The second-order valence-corrected chi connectivity index (χ2v) is 7.37. The zero-order valence-electron chi connectivity index (χ0n) is 14.2. The van der Waals surface area contributed by atoms with Crippen LogP contribution >= 0.6 is 11.3 Å². The number of hydrogen-bond acceptors (Lipinski definition) is 4. The summed E-state index contributed by atoms with van der Waals surface area (Å²) in [5, 5.41) is 11.9. The molecule has 0 radical (unpaired) electrons. The molecule has 7 heteroatoms. The van der Waals surface area contributed by atoms with E-state index in [4.69, 9.17) is 0 Å². The quantitative estimate of drug-likeness (QED) is 0.635. The molecule has 1 aliphatic carbocycles. The first kappa shape index (κ1) is 17.7. The molecule has 25 heavy (non-hydrogen) atoms. The van der Waals surface area contributed by atoms with Crippen molar-refractivity contribution in [1.82, 2.24) is 20.4 Å². The van der Waals surface area contributed by atoms with E-state index in [1.54, 1.807) is 22.2 Å². The molecule has 0 saturated heterocycles. The van der Waals surface area contributed by atoms with Crippen LogP contribution in [0.4, 0.5) is 0 Å². The van der Waals surface area contributed by atoms with Crippen LogP contribution < -0.4 is 10.6 Å². The molecule has 1 aliphatic rings. The molecule has 3 rings (SSSR count). The maximum atomic E-state index is 12.2. The number of thiophene rings is 1. The molecule has 0 aliphatic heterocycles. The van der Waals surface area contributed by atoms with Gasteiger partial charge in [-0.15, -0.1) is 11.3 Å². The minimum atomic E-state index is -0.571. The summed E-state index contributed by atoms with van der Waals surface area (Å²) < 4.78 is 1.80. The smallest absolute Gasteiger partial charge is 0.309 e. The van der Waals surface area contributed by atoms with E-state index in [9.17, 15) is 9.59 Å². The van der Waals surface area contributed by atoms with Crippen molar-refractivity contribution in [2.75, 3.05) is 6.54 Å². The zero-order chi connectivity index (χ0) is 17.5. The van der Waals surface area contributed by atoms with E-state index in [0.717, 1.165) is 30.6 Å². The molecule has 134 valence electrons. The van der Waals surface area contributed by atoms with Crippen molar-refractivity contribution in [2.45, 2.75) is 50.6 Å². The summed E-state index contributed by atoms with van der Waals surface area (Å²) in [6.07, 6.45) is 10.2. The highest BCUT2D eigenvalue weighted by molar-refractivity contribution is 7.10. The van der Waals surface area contributed by atoms with E-state index >= 15 is 0 Å². The largest absolute Gasteiger partial charge is 0.345 e. The lowest BCUT2D eigenvalue weighted by Crippen LogP contribution is -2.45. The molecule has 1 atom stereocenters. The van der Waals surface area contributed by atoms with Crippen LogP contribution in [0.25, 0.3) is 0 Å². The van der Waals surface area contributed by atoms with Crippen LogP contribution in [0.5, 0.6) is 0 Å². The van der Waals surface area contributed by atoms with E-state index in [-0.39, 0.29) is 12.1 Å². The third kappa shape index (κ3) is 4.92. The number of carbonyl (C=O) groups is 2. The van der Waals surface area contributed by atoms with Crippen molar-refractivity contribution in [2.24, 2.45) is 0 Å². The maximum Gasteiger partial charge on any atom is 0.309 e. The first-order valence-corrected chi connectivity index (χ1v) is 9.73. The average molecular weight is 360 g/mol.